The van der Waals surface area contributed by atoms with Crippen LogP contribution < -0.4 is 0 Å². The lowest BCUT2D eigenvalue weighted by atomic mass is 9.80. The second kappa shape index (κ2) is 4.68. The van der Waals surface area contributed by atoms with Crippen molar-refractivity contribution in [3.63, 3.8) is 0 Å². The van der Waals surface area contributed by atoms with E-state index >= 15 is 0 Å². The SMILES string of the molecule is C=CCC1CCN(B(C)O)CC1. The smallest absolute Gasteiger partial charge is 0.376 e. The molecule has 0 aromatic carbocycles. The van der Waals surface area contributed by atoms with Crippen molar-refractivity contribution in [3.05, 3.63) is 12.7 Å². The second-order valence-electron chi connectivity index (χ2n) is 3.64. The van der Waals surface area contributed by atoms with Gasteiger partial charge in [-0.3, -0.25) is 0 Å². The third-order valence-corrected chi connectivity index (χ3v) is 2.68. The monoisotopic (exact) mass is 167 g/mol. The highest BCUT2D eigenvalue weighted by molar-refractivity contribution is 6.45. The van der Waals surface area contributed by atoms with Gasteiger partial charge in [0.25, 0.3) is 0 Å². The molecule has 1 saturated heterocycles. The zero-order valence-electron chi connectivity index (χ0n) is 7.87. The number of hydrogen-bond donors (Lipinski definition) is 1. The van der Waals surface area contributed by atoms with Crippen LogP contribution in [0.25, 0.3) is 0 Å². The van der Waals surface area contributed by atoms with Crippen LogP contribution in [-0.4, -0.2) is 30.0 Å². The quantitative estimate of drug-likeness (QED) is 0.507. The molecule has 2 nitrogen and oxygen atoms in total. The molecule has 12 heavy (non-hydrogen) atoms. The Labute approximate surface area is 75.4 Å². The topological polar surface area (TPSA) is 23.5 Å². The van der Waals surface area contributed by atoms with Crippen LogP contribution in [0.15, 0.2) is 12.7 Å². The lowest BCUT2D eigenvalue weighted by Crippen LogP contribution is -2.42. The first-order chi connectivity index (χ1) is 5.74. The molecule has 0 amide bonds. The van der Waals surface area contributed by atoms with Crippen molar-refractivity contribution in [1.82, 2.24) is 4.81 Å². The van der Waals surface area contributed by atoms with Gasteiger partial charge in [0.1, 0.15) is 0 Å². The summed E-state index contributed by atoms with van der Waals surface area (Å²) in [7, 11) is -0.269. The summed E-state index contributed by atoms with van der Waals surface area (Å²) < 4.78 is 0. The molecular formula is C9H18BNO. The van der Waals surface area contributed by atoms with Crippen molar-refractivity contribution in [1.29, 1.82) is 0 Å². The highest BCUT2D eigenvalue weighted by Gasteiger charge is 2.22. The van der Waals surface area contributed by atoms with Gasteiger partial charge in [-0.05, 0) is 45.1 Å². The predicted molar refractivity (Wildman–Crippen MR) is 52.9 cm³/mol. The molecule has 0 radical (unpaired) electrons. The van der Waals surface area contributed by atoms with E-state index in [0.29, 0.717) is 0 Å². The van der Waals surface area contributed by atoms with E-state index < -0.39 is 0 Å². The predicted octanol–water partition coefficient (Wildman–Crippen LogP) is 1.38. The lowest BCUT2D eigenvalue weighted by molar-refractivity contribution is 0.252. The molecule has 1 fully saturated rings. The first-order valence-corrected chi connectivity index (χ1v) is 4.77. The fraction of sp³-hybridized carbons (Fsp3) is 0.778. The molecule has 0 atom stereocenters. The van der Waals surface area contributed by atoms with Crippen LogP contribution in [0.4, 0.5) is 0 Å². The minimum atomic E-state index is -0.269. The minimum absolute atomic E-state index is 0.269. The van der Waals surface area contributed by atoms with Gasteiger partial charge in [0.15, 0.2) is 0 Å². The van der Waals surface area contributed by atoms with E-state index in [0.717, 1.165) is 25.4 Å². The van der Waals surface area contributed by atoms with Crippen molar-refractivity contribution >= 4 is 7.05 Å². The first kappa shape index (κ1) is 9.81. The molecule has 68 valence electrons. The second-order valence-corrected chi connectivity index (χ2v) is 3.64. The minimum Gasteiger partial charge on any atom is -0.437 e. The number of allylic oxidation sites excluding steroid dienone is 1. The van der Waals surface area contributed by atoms with Crippen LogP contribution in [0.2, 0.25) is 6.82 Å². The summed E-state index contributed by atoms with van der Waals surface area (Å²) in [6.07, 6.45) is 5.55. The van der Waals surface area contributed by atoms with Gasteiger partial charge in [0, 0.05) is 0 Å². The van der Waals surface area contributed by atoms with Gasteiger partial charge >= 0.3 is 7.05 Å². The van der Waals surface area contributed by atoms with Crippen LogP contribution in [0.3, 0.4) is 0 Å². The fourth-order valence-electron chi connectivity index (χ4n) is 1.80. The van der Waals surface area contributed by atoms with Crippen molar-refractivity contribution < 1.29 is 5.02 Å². The molecule has 1 aliphatic rings. The van der Waals surface area contributed by atoms with E-state index in [1.54, 1.807) is 0 Å². The van der Waals surface area contributed by atoms with Gasteiger partial charge in [0.2, 0.25) is 0 Å². The van der Waals surface area contributed by atoms with Gasteiger partial charge in [-0.2, -0.15) is 0 Å². The van der Waals surface area contributed by atoms with Crippen molar-refractivity contribution in [2.45, 2.75) is 26.1 Å². The van der Waals surface area contributed by atoms with Crippen LogP contribution >= 0.6 is 0 Å². The van der Waals surface area contributed by atoms with Gasteiger partial charge in [-0.1, -0.05) is 6.08 Å². The maximum absolute atomic E-state index is 9.30. The zero-order valence-corrected chi connectivity index (χ0v) is 7.87. The van der Waals surface area contributed by atoms with E-state index in [-0.39, 0.29) is 7.05 Å². The molecule has 3 heteroatoms. The van der Waals surface area contributed by atoms with E-state index in [4.69, 9.17) is 0 Å². The van der Waals surface area contributed by atoms with Crippen LogP contribution in [0.1, 0.15) is 19.3 Å². The Hall–Kier alpha value is -0.275. The molecule has 0 saturated carbocycles. The average Bonchev–Trinajstić information content (AvgIpc) is 2.06. The molecule has 1 heterocycles. The number of rotatable bonds is 3. The van der Waals surface area contributed by atoms with Gasteiger partial charge < -0.3 is 9.83 Å². The summed E-state index contributed by atoms with van der Waals surface area (Å²) in [6, 6.07) is 0. The molecule has 1 aliphatic heterocycles. The molecule has 0 unspecified atom stereocenters. The Bertz CT molecular complexity index is 141. The van der Waals surface area contributed by atoms with Gasteiger partial charge in [-0.15, -0.1) is 6.58 Å². The highest BCUT2D eigenvalue weighted by Crippen LogP contribution is 2.20. The summed E-state index contributed by atoms with van der Waals surface area (Å²) in [6.45, 7) is 7.66. The Morgan fingerprint density at radius 1 is 1.58 bits per heavy atom. The molecular weight excluding hydrogens is 149 g/mol. The maximum Gasteiger partial charge on any atom is 0.376 e. The summed E-state index contributed by atoms with van der Waals surface area (Å²) >= 11 is 0. The number of hydrogen-bond acceptors (Lipinski definition) is 2. The Morgan fingerprint density at radius 2 is 2.17 bits per heavy atom. The van der Waals surface area contributed by atoms with Gasteiger partial charge in [0.05, 0.1) is 0 Å². The summed E-state index contributed by atoms with van der Waals surface area (Å²) in [5, 5.41) is 9.30. The van der Waals surface area contributed by atoms with Crippen molar-refractivity contribution in [2.24, 2.45) is 5.92 Å². The summed E-state index contributed by atoms with van der Waals surface area (Å²) in [4.78, 5) is 2.12. The van der Waals surface area contributed by atoms with Crippen LogP contribution in [0, 0.1) is 5.92 Å². The molecule has 0 bridgehead atoms. The molecule has 1 N–H and O–H groups in total. The Kier molecular flexibility index (Phi) is 3.82. The summed E-state index contributed by atoms with van der Waals surface area (Å²) in [5.41, 5.74) is 0. The third kappa shape index (κ3) is 2.65. The average molecular weight is 167 g/mol. The fourth-order valence-corrected chi connectivity index (χ4v) is 1.80. The highest BCUT2D eigenvalue weighted by atomic mass is 16.2. The molecule has 0 aromatic rings. The van der Waals surface area contributed by atoms with E-state index in [1.807, 2.05) is 12.9 Å². The number of piperidine rings is 1. The number of nitrogens with zero attached hydrogens (tertiary/aromatic N) is 1. The largest absolute Gasteiger partial charge is 0.437 e. The molecule has 0 aliphatic carbocycles. The standard InChI is InChI=1S/C9H18BNO/c1-3-4-9-5-7-11(8-6-9)10(2)12/h3,9,12H,1,4-8H2,2H3. The van der Waals surface area contributed by atoms with Gasteiger partial charge in [-0.25, -0.2) is 0 Å². The normalized spacial score (nSPS) is 20.8. The third-order valence-electron chi connectivity index (χ3n) is 2.68. The first-order valence-electron chi connectivity index (χ1n) is 4.77. The van der Waals surface area contributed by atoms with Crippen molar-refractivity contribution in [2.75, 3.05) is 13.1 Å². The Balaban J connectivity index is 2.24. The maximum atomic E-state index is 9.30. The lowest BCUT2D eigenvalue weighted by Gasteiger charge is -2.32. The molecule has 0 aromatic heterocycles. The zero-order chi connectivity index (χ0) is 8.97. The summed E-state index contributed by atoms with van der Waals surface area (Å²) in [5.74, 6) is 0.803. The Morgan fingerprint density at radius 3 is 2.58 bits per heavy atom. The van der Waals surface area contributed by atoms with Crippen LogP contribution in [-0.2, 0) is 0 Å². The van der Waals surface area contributed by atoms with Crippen LogP contribution in [0.5, 0.6) is 0 Å². The molecule has 1 rings (SSSR count). The van der Waals surface area contributed by atoms with E-state index in [2.05, 4.69) is 11.4 Å². The molecule has 0 spiro atoms. The van der Waals surface area contributed by atoms with E-state index in [9.17, 15) is 5.02 Å². The van der Waals surface area contributed by atoms with Crippen molar-refractivity contribution in [3.8, 4) is 0 Å². The van der Waals surface area contributed by atoms with E-state index in [1.165, 1.54) is 12.8 Å².